The average Bonchev–Trinajstić information content (AvgIpc) is 2.64. The van der Waals surface area contributed by atoms with Crippen molar-refractivity contribution in [2.45, 2.75) is 37.8 Å². The van der Waals surface area contributed by atoms with Crippen LogP contribution in [0.25, 0.3) is 6.08 Å². The number of ketones is 1. The maximum Gasteiger partial charge on any atom is 0.164 e. The second-order valence-corrected chi connectivity index (χ2v) is 6.58. The van der Waals surface area contributed by atoms with Crippen molar-refractivity contribution >= 4 is 11.9 Å². The number of hydrogen-bond acceptors (Lipinski definition) is 2. The second-order valence-electron chi connectivity index (χ2n) is 6.58. The van der Waals surface area contributed by atoms with Gasteiger partial charge in [-0.1, -0.05) is 79.2 Å². The summed E-state index contributed by atoms with van der Waals surface area (Å²) in [6.45, 7) is 0. The van der Waals surface area contributed by atoms with Crippen LogP contribution in [0.3, 0.4) is 0 Å². The van der Waals surface area contributed by atoms with Gasteiger partial charge in [0, 0.05) is 24.1 Å². The lowest BCUT2D eigenvalue weighted by Gasteiger charge is -2.38. The standard InChI is InChI=1S/C22H25NO/c1-23-20(16-15-18-9-4-2-5-10-18)13-8-14-21(23)17-22(24)19-11-6-3-7-12-19/h2-7,9-12,15-16,20-21H,8,13-14,17H2,1H3/b16-15+/t20-,21?/m0/s1. The van der Waals surface area contributed by atoms with Crippen LogP contribution in [-0.4, -0.2) is 29.8 Å². The Morgan fingerprint density at radius 2 is 1.71 bits per heavy atom. The minimum absolute atomic E-state index is 0.250. The van der Waals surface area contributed by atoms with Crippen LogP contribution in [0.2, 0.25) is 0 Å². The fourth-order valence-electron chi connectivity index (χ4n) is 3.46. The van der Waals surface area contributed by atoms with Gasteiger partial charge < -0.3 is 0 Å². The third kappa shape index (κ3) is 4.21. The average molecular weight is 319 g/mol. The molecule has 0 aliphatic carbocycles. The van der Waals surface area contributed by atoms with Gasteiger partial charge in [0.15, 0.2) is 5.78 Å². The van der Waals surface area contributed by atoms with E-state index in [9.17, 15) is 4.79 Å². The smallest absolute Gasteiger partial charge is 0.164 e. The fourth-order valence-corrected chi connectivity index (χ4v) is 3.46. The van der Waals surface area contributed by atoms with E-state index in [4.69, 9.17) is 0 Å². The first-order valence-corrected chi connectivity index (χ1v) is 8.77. The molecule has 3 rings (SSSR count). The highest BCUT2D eigenvalue weighted by molar-refractivity contribution is 5.96. The Bertz CT molecular complexity index is 678. The molecule has 1 fully saturated rings. The van der Waals surface area contributed by atoms with Crippen LogP contribution >= 0.6 is 0 Å². The largest absolute Gasteiger partial charge is 0.297 e. The molecule has 0 bridgehead atoms. The van der Waals surface area contributed by atoms with Crippen molar-refractivity contribution in [1.82, 2.24) is 4.90 Å². The van der Waals surface area contributed by atoms with Crippen LogP contribution < -0.4 is 0 Å². The number of benzene rings is 2. The maximum absolute atomic E-state index is 12.5. The summed E-state index contributed by atoms with van der Waals surface area (Å²) in [6, 6.07) is 20.8. The molecule has 2 heteroatoms. The van der Waals surface area contributed by atoms with E-state index in [1.165, 1.54) is 12.0 Å². The quantitative estimate of drug-likeness (QED) is 0.736. The van der Waals surface area contributed by atoms with Crippen molar-refractivity contribution in [2.24, 2.45) is 0 Å². The predicted octanol–water partition coefficient (Wildman–Crippen LogP) is 4.83. The number of carbonyl (C=O) groups is 1. The summed E-state index contributed by atoms with van der Waals surface area (Å²) in [5, 5.41) is 0. The van der Waals surface area contributed by atoms with Gasteiger partial charge in [-0.3, -0.25) is 9.69 Å². The van der Waals surface area contributed by atoms with Crippen LogP contribution in [0, 0.1) is 0 Å². The SMILES string of the molecule is CN1C(CC(=O)c2ccccc2)CCC[C@H]1/C=C/c1ccccc1. The first-order chi connectivity index (χ1) is 11.7. The molecule has 2 atom stereocenters. The molecule has 2 aromatic carbocycles. The van der Waals surface area contributed by atoms with Gasteiger partial charge in [0.2, 0.25) is 0 Å². The fraction of sp³-hybridized carbons (Fsp3) is 0.318. The molecule has 0 amide bonds. The molecule has 24 heavy (non-hydrogen) atoms. The van der Waals surface area contributed by atoms with Gasteiger partial charge in [0.05, 0.1) is 0 Å². The van der Waals surface area contributed by atoms with E-state index in [1.807, 2.05) is 36.4 Å². The number of hydrogen-bond donors (Lipinski definition) is 0. The van der Waals surface area contributed by atoms with Crippen LogP contribution in [0.15, 0.2) is 66.7 Å². The van der Waals surface area contributed by atoms with Crippen molar-refractivity contribution in [1.29, 1.82) is 0 Å². The van der Waals surface area contributed by atoms with Gasteiger partial charge in [-0.15, -0.1) is 0 Å². The van der Waals surface area contributed by atoms with Crippen LogP contribution in [-0.2, 0) is 0 Å². The molecule has 1 unspecified atom stereocenters. The third-order valence-corrected chi connectivity index (χ3v) is 4.96. The summed E-state index contributed by atoms with van der Waals surface area (Å²) < 4.78 is 0. The van der Waals surface area contributed by atoms with Crippen molar-refractivity contribution in [2.75, 3.05) is 7.05 Å². The molecular weight excluding hydrogens is 294 g/mol. The number of Topliss-reactive ketones (excluding diaryl/α,β-unsaturated/α-hetero) is 1. The molecule has 1 aliphatic heterocycles. The monoisotopic (exact) mass is 319 g/mol. The molecule has 0 saturated carbocycles. The minimum atomic E-state index is 0.250. The number of rotatable bonds is 5. The highest BCUT2D eigenvalue weighted by Crippen LogP contribution is 2.26. The van der Waals surface area contributed by atoms with E-state index in [-0.39, 0.29) is 5.78 Å². The van der Waals surface area contributed by atoms with Crippen LogP contribution in [0.5, 0.6) is 0 Å². The van der Waals surface area contributed by atoms with Gasteiger partial charge in [-0.2, -0.15) is 0 Å². The number of carbonyl (C=O) groups excluding carboxylic acids is 1. The molecule has 0 radical (unpaired) electrons. The number of nitrogens with zero attached hydrogens (tertiary/aromatic N) is 1. The molecule has 124 valence electrons. The zero-order valence-electron chi connectivity index (χ0n) is 14.3. The number of likely N-dealkylation sites (N-methyl/N-ethyl adjacent to an activating group) is 1. The Labute approximate surface area is 144 Å². The lowest BCUT2D eigenvalue weighted by atomic mass is 9.91. The number of likely N-dealkylation sites (tertiary alicyclic amines) is 1. The summed E-state index contributed by atoms with van der Waals surface area (Å²) in [4.78, 5) is 14.9. The molecule has 1 saturated heterocycles. The summed E-state index contributed by atoms with van der Waals surface area (Å²) >= 11 is 0. The molecule has 2 aromatic rings. The Morgan fingerprint density at radius 3 is 2.42 bits per heavy atom. The zero-order chi connectivity index (χ0) is 16.8. The van der Waals surface area contributed by atoms with Crippen LogP contribution in [0.4, 0.5) is 0 Å². The Kier molecular flexibility index (Phi) is 5.60. The van der Waals surface area contributed by atoms with E-state index < -0.39 is 0 Å². The molecule has 0 aromatic heterocycles. The first kappa shape index (κ1) is 16.7. The second kappa shape index (κ2) is 8.07. The molecule has 1 aliphatic rings. The van der Waals surface area contributed by atoms with Crippen molar-refractivity contribution in [3.05, 3.63) is 77.9 Å². The van der Waals surface area contributed by atoms with E-state index in [1.54, 1.807) is 0 Å². The van der Waals surface area contributed by atoms with E-state index >= 15 is 0 Å². The molecule has 2 nitrogen and oxygen atoms in total. The third-order valence-electron chi connectivity index (χ3n) is 4.96. The topological polar surface area (TPSA) is 20.3 Å². The van der Waals surface area contributed by atoms with E-state index in [0.29, 0.717) is 18.5 Å². The van der Waals surface area contributed by atoms with Gasteiger partial charge in [0.25, 0.3) is 0 Å². The Balaban J connectivity index is 1.63. The molecule has 1 heterocycles. The Morgan fingerprint density at radius 1 is 1.04 bits per heavy atom. The predicted molar refractivity (Wildman–Crippen MR) is 100 cm³/mol. The summed E-state index contributed by atoms with van der Waals surface area (Å²) in [6.07, 6.45) is 8.54. The van der Waals surface area contributed by atoms with Crippen molar-refractivity contribution < 1.29 is 4.79 Å². The lowest BCUT2D eigenvalue weighted by Crippen LogP contribution is -2.43. The zero-order valence-corrected chi connectivity index (χ0v) is 14.3. The molecule has 0 spiro atoms. The first-order valence-electron chi connectivity index (χ1n) is 8.77. The van der Waals surface area contributed by atoms with Gasteiger partial charge in [0.1, 0.15) is 0 Å². The minimum Gasteiger partial charge on any atom is -0.297 e. The number of piperidine rings is 1. The van der Waals surface area contributed by atoms with Gasteiger partial charge >= 0.3 is 0 Å². The van der Waals surface area contributed by atoms with Gasteiger partial charge in [-0.05, 0) is 25.5 Å². The van der Waals surface area contributed by atoms with Crippen molar-refractivity contribution in [3.8, 4) is 0 Å². The van der Waals surface area contributed by atoms with Crippen LogP contribution in [0.1, 0.15) is 41.6 Å². The molecule has 0 N–H and O–H groups in total. The molecular formula is C22H25NO. The summed E-state index contributed by atoms with van der Waals surface area (Å²) in [5.74, 6) is 0.250. The van der Waals surface area contributed by atoms with E-state index in [2.05, 4.69) is 48.4 Å². The van der Waals surface area contributed by atoms with Crippen molar-refractivity contribution in [3.63, 3.8) is 0 Å². The highest BCUT2D eigenvalue weighted by Gasteiger charge is 2.27. The summed E-state index contributed by atoms with van der Waals surface area (Å²) in [5.41, 5.74) is 2.06. The summed E-state index contributed by atoms with van der Waals surface area (Å²) in [7, 11) is 2.15. The van der Waals surface area contributed by atoms with Gasteiger partial charge in [-0.25, -0.2) is 0 Å². The lowest BCUT2D eigenvalue weighted by molar-refractivity contribution is 0.0863. The Hall–Kier alpha value is -2.19. The highest BCUT2D eigenvalue weighted by atomic mass is 16.1. The van der Waals surface area contributed by atoms with E-state index in [0.717, 1.165) is 18.4 Å². The maximum atomic E-state index is 12.5. The normalized spacial score (nSPS) is 21.9.